The Bertz CT molecular complexity index is 376. The number of rotatable bonds is 4. The molecular weight excluding hydrogens is 216 g/mol. The van der Waals surface area contributed by atoms with Crippen molar-refractivity contribution in [3.05, 3.63) is 35.4 Å². The summed E-state index contributed by atoms with van der Waals surface area (Å²) in [6, 6.07) is 7.68. The maximum atomic E-state index is 11.5. The molecule has 0 aromatic heterocycles. The minimum absolute atomic E-state index is 0.0682. The third-order valence-corrected chi connectivity index (χ3v) is 3.04. The summed E-state index contributed by atoms with van der Waals surface area (Å²) in [5.74, 6) is 0.100. The molecular formula is C13H18N2O2. The second-order valence-corrected chi connectivity index (χ2v) is 4.34. The van der Waals surface area contributed by atoms with Crippen molar-refractivity contribution >= 4 is 5.91 Å². The lowest BCUT2D eigenvalue weighted by Crippen LogP contribution is -2.47. The highest BCUT2D eigenvalue weighted by atomic mass is 16.3. The van der Waals surface area contributed by atoms with Gasteiger partial charge in [-0.3, -0.25) is 4.79 Å². The van der Waals surface area contributed by atoms with Crippen LogP contribution in [0.3, 0.4) is 0 Å². The molecule has 3 N–H and O–H groups in total. The van der Waals surface area contributed by atoms with Gasteiger partial charge in [-0.15, -0.1) is 0 Å². The quantitative estimate of drug-likeness (QED) is 0.713. The third-order valence-electron chi connectivity index (χ3n) is 3.04. The van der Waals surface area contributed by atoms with Crippen LogP contribution in [0.15, 0.2) is 24.3 Å². The van der Waals surface area contributed by atoms with Crippen LogP contribution in [0, 0.1) is 0 Å². The molecule has 2 rings (SSSR count). The summed E-state index contributed by atoms with van der Waals surface area (Å²) in [5, 5.41) is 15.0. The molecule has 1 saturated heterocycles. The molecule has 0 aliphatic carbocycles. The lowest BCUT2D eigenvalue weighted by atomic mass is 10.1. The zero-order valence-corrected chi connectivity index (χ0v) is 9.78. The highest BCUT2D eigenvalue weighted by Gasteiger charge is 2.20. The second-order valence-electron chi connectivity index (χ2n) is 4.34. The third kappa shape index (κ3) is 3.28. The van der Waals surface area contributed by atoms with E-state index in [-0.39, 0.29) is 18.6 Å². The van der Waals surface area contributed by atoms with Crippen LogP contribution in [0.5, 0.6) is 0 Å². The zero-order chi connectivity index (χ0) is 12.1. The Balaban J connectivity index is 1.86. The summed E-state index contributed by atoms with van der Waals surface area (Å²) < 4.78 is 0. The van der Waals surface area contributed by atoms with Crippen molar-refractivity contribution in [3.63, 3.8) is 0 Å². The SMILES string of the molecule is O=C1NCCCC1NCc1ccc(CO)cc1. The normalized spacial score (nSPS) is 20.1. The average Bonchev–Trinajstić information content (AvgIpc) is 2.38. The fourth-order valence-corrected chi connectivity index (χ4v) is 1.97. The van der Waals surface area contributed by atoms with Crippen molar-refractivity contribution in [3.8, 4) is 0 Å². The van der Waals surface area contributed by atoms with Gasteiger partial charge >= 0.3 is 0 Å². The Kier molecular flexibility index (Phi) is 4.12. The molecule has 1 aliphatic heterocycles. The smallest absolute Gasteiger partial charge is 0.237 e. The summed E-state index contributed by atoms with van der Waals surface area (Å²) in [4.78, 5) is 11.5. The van der Waals surface area contributed by atoms with E-state index in [1.807, 2.05) is 24.3 Å². The average molecular weight is 234 g/mol. The predicted octanol–water partition coefficient (Wildman–Crippen LogP) is 0.547. The monoisotopic (exact) mass is 234 g/mol. The molecule has 92 valence electrons. The van der Waals surface area contributed by atoms with Crippen molar-refractivity contribution in [2.75, 3.05) is 6.54 Å². The maximum absolute atomic E-state index is 11.5. The molecule has 0 bridgehead atoms. The molecule has 17 heavy (non-hydrogen) atoms. The van der Waals surface area contributed by atoms with Crippen molar-refractivity contribution in [1.82, 2.24) is 10.6 Å². The molecule has 0 spiro atoms. The second kappa shape index (κ2) is 5.80. The van der Waals surface area contributed by atoms with Gasteiger partial charge in [-0.05, 0) is 24.0 Å². The Morgan fingerprint density at radius 2 is 2.00 bits per heavy atom. The number of piperidine rings is 1. The van der Waals surface area contributed by atoms with Crippen molar-refractivity contribution in [2.24, 2.45) is 0 Å². The van der Waals surface area contributed by atoms with Gasteiger partial charge in [0.2, 0.25) is 5.91 Å². The molecule has 1 fully saturated rings. The minimum atomic E-state index is -0.0683. The van der Waals surface area contributed by atoms with Crippen LogP contribution in [0.2, 0.25) is 0 Å². The molecule has 1 aliphatic rings. The Morgan fingerprint density at radius 3 is 2.65 bits per heavy atom. The number of aliphatic hydroxyl groups is 1. The number of amides is 1. The molecule has 4 nitrogen and oxygen atoms in total. The Hall–Kier alpha value is -1.39. The van der Waals surface area contributed by atoms with E-state index in [4.69, 9.17) is 5.11 Å². The first-order valence-electron chi connectivity index (χ1n) is 5.99. The molecule has 1 aromatic rings. The zero-order valence-electron chi connectivity index (χ0n) is 9.78. The van der Waals surface area contributed by atoms with Gasteiger partial charge in [0, 0.05) is 13.1 Å². The molecule has 1 aromatic carbocycles. The van der Waals surface area contributed by atoms with Crippen LogP contribution >= 0.6 is 0 Å². The van der Waals surface area contributed by atoms with E-state index in [1.165, 1.54) is 0 Å². The topological polar surface area (TPSA) is 61.4 Å². The first-order valence-corrected chi connectivity index (χ1v) is 5.99. The van der Waals surface area contributed by atoms with Crippen LogP contribution in [-0.4, -0.2) is 23.6 Å². The number of benzene rings is 1. The summed E-state index contributed by atoms with van der Waals surface area (Å²) in [6.45, 7) is 1.55. The lowest BCUT2D eigenvalue weighted by molar-refractivity contribution is -0.124. The molecule has 0 radical (unpaired) electrons. The molecule has 1 amide bonds. The van der Waals surface area contributed by atoms with Crippen molar-refractivity contribution in [2.45, 2.75) is 32.0 Å². The largest absolute Gasteiger partial charge is 0.392 e. The number of hydrogen-bond donors (Lipinski definition) is 3. The fraction of sp³-hybridized carbons (Fsp3) is 0.462. The Labute approximate surface area is 101 Å². The standard InChI is InChI=1S/C13H18N2O2/c16-9-11-5-3-10(4-6-11)8-15-12-2-1-7-14-13(12)17/h3-6,12,15-16H,1-2,7-9H2,(H,14,17). The van der Waals surface area contributed by atoms with E-state index in [1.54, 1.807) is 0 Å². The highest BCUT2D eigenvalue weighted by Crippen LogP contribution is 2.07. The summed E-state index contributed by atoms with van der Waals surface area (Å²) >= 11 is 0. The van der Waals surface area contributed by atoms with Gasteiger partial charge in [0.1, 0.15) is 0 Å². The number of nitrogens with one attached hydrogen (secondary N) is 2. The van der Waals surface area contributed by atoms with E-state index in [0.717, 1.165) is 30.5 Å². The number of carbonyl (C=O) groups excluding carboxylic acids is 1. The van der Waals surface area contributed by atoms with Gasteiger partial charge in [-0.2, -0.15) is 0 Å². The van der Waals surface area contributed by atoms with Gasteiger partial charge < -0.3 is 15.7 Å². The van der Waals surface area contributed by atoms with Gasteiger partial charge in [0.05, 0.1) is 12.6 Å². The van der Waals surface area contributed by atoms with Gasteiger partial charge in [0.25, 0.3) is 0 Å². The van der Waals surface area contributed by atoms with Crippen LogP contribution in [0.4, 0.5) is 0 Å². The molecule has 1 unspecified atom stereocenters. The fourth-order valence-electron chi connectivity index (χ4n) is 1.97. The first kappa shape index (κ1) is 12.1. The summed E-state index contributed by atoms with van der Waals surface area (Å²) in [5.41, 5.74) is 2.03. The summed E-state index contributed by atoms with van der Waals surface area (Å²) in [7, 11) is 0. The minimum Gasteiger partial charge on any atom is -0.392 e. The first-order chi connectivity index (χ1) is 8.29. The van der Waals surface area contributed by atoms with Gasteiger partial charge in [-0.25, -0.2) is 0 Å². The number of carbonyl (C=O) groups is 1. The van der Waals surface area contributed by atoms with Crippen LogP contribution < -0.4 is 10.6 Å². The van der Waals surface area contributed by atoms with E-state index < -0.39 is 0 Å². The van der Waals surface area contributed by atoms with Crippen molar-refractivity contribution < 1.29 is 9.90 Å². The van der Waals surface area contributed by atoms with E-state index in [0.29, 0.717) is 6.54 Å². The van der Waals surface area contributed by atoms with Crippen LogP contribution in [0.25, 0.3) is 0 Å². The number of hydrogen-bond acceptors (Lipinski definition) is 3. The predicted molar refractivity (Wildman–Crippen MR) is 65.2 cm³/mol. The van der Waals surface area contributed by atoms with E-state index in [9.17, 15) is 4.79 Å². The molecule has 4 heteroatoms. The summed E-state index contributed by atoms with van der Waals surface area (Å²) in [6.07, 6.45) is 1.94. The number of aliphatic hydroxyl groups excluding tert-OH is 1. The maximum Gasteiger partial charge on any atom is 0.237 e. The lowest BCUT2D eigenvalue weighted by Gasteiger charge is -2.22. The van der Waals surface area contributed by atoms with Crippen LogP contribution in [0.1, 0.15) is 24.0 Å². The molecule has 0 saturated carbocycles. The molecule has 1 atom stereocenters. The van der Waals surface area contributed by atoms with E-state index >= 15 is 0 Å². The highest BCUT2D eigenvalue weighted by molar-refractivity contribution is 5.82. The van der Waals surface area contributed by atoms with Crippen molar-refractivity contribution in [1.29, 1.82) is 0 Å². The van der Waals surface area contributed by atoms with Gasteiger partial charge in [0.15, 0.2) is 0 Å². The Morgan fingerprint density at radius 1 is 1.29 bits per heavy atom. The van der Waals surface area contributed by atoms with E-state index in [2.05, 4.69) is 10.6 Å². The molecule has 1 heterocycles. The van der Waals surface area contributed by atoms with Crippen LogP contribution in [-0.2, 0) is 17.9 Å². The van der Waals surface area contributed by atoms with Gasteiger partial charge in [-0.1, -0.05) is 24.3 Å².